The molecule has 0 fully saturated rings. The highest BCUT2D eigenvalue weighted by Crippen LogP contribution is 2.24. The number of nitrogens with two attached hydrogens (primary N) is 1. The Labute approximate surface area is 193 Å². The van der Waals surface area contributed by atoms with E-state index < -0.39 is 23.0 Å². The molecule has 3 N–H and O–H groups in total. The van der Waals surface area contributed by atoms with Crippen LogP contribution in [-0.4, -0.2) is 54.6 Å². The second-order valence-corrected chi connectivity index (χ2v) is 9.33. The van der Waals surface area contributed by atoms with Crippen molar-refractivity contribution in [3.05, 3.63) is 71.5 Å². The maximum atomic E-state index is 13.2. The standard InChI is InChI=1S/C21H21BN4O4S.H2S/c1-31(29,30)26-22(28)20-4-2-3-17(19(20)13-25-26)18(11-23)21(27)10-14-5-6-16-12-24-8-7-15(16)9-14;/h2-9,12-13,18,28H,10-11,23H2,1H3;1H2/t18-;/m1./s1. The van der Waals surface area contributed by atoms with Gasteiger partial charge in [0.1, 0.15) is 5.78 Å². The molecule has 166 valence electrons. The molecule has 0 aliphatic carbocycles. The van der Waals surface area contributed by atoms with E-state index in [0.717, 1.165) is 22.6 Å². The van der Waals surface area contributed by atoms with Crippen LogP contribution in [0.2, 0.25) is 0 Å². The van der Waals surface area contributed by atoms with Crippen LogP contribution in [0.15, 0.2) is 60.0 Å². The molecular weight excluding hydrogens is 447 g/mol. The first kappa shape index (κ1) is 23.9. The molecule has 4 rings (SSSR count). The van der Waals surface area contributed by atoms with E-state index in [1.807, 2.05) is 24.3 Å². The number of nitrogens with zero attached hydrogens (tertiary/aromatic N) is 3. The van der Waals surface area contributed by atoms with Gasteiger partial charge in [0.25, 0.3) is 0 Å². The molecule has 1 atom stereocenters. The molecule has 0 radical (unpaired) electrons. The van der Waals surface area contributed by atoms with Gasteiger partial charge in [-0.2, -0.15) is 18.6 Å². The Hall–Kier alpha value is -2.73. The van der Waals surface area contributed by atoms with Crippen LogP contribution in [0.5, 0.6) is 0 Å². The van der Waals surface area contributed by atoms with Crippen molar-refractivity contribution in [2.24, 2.45) is 10.8 Å². The van der Waals surface area contributed by atoms with Gasteiger partial charge in [0.2, 0.25) is 10.0 Å². The van der Waals surface area contributed by atoms with Crippen LogP contribution < -0.4 is 11.2 Å². The fourth-order valence-corrected chi connectivity index (χ4v) is 4.54. The number of carbonyl (C=O) groups is 1. The normalized spacial score (nSPS) is 14.1. The molecule has 8 nitrogen and oxygen atoms in total. The van der Waals surface area contributed by atoms with E-state index in [1.54, 1.807) is 30.6 Å². The van der Waals surface area contributed by atoms with Gasteiger partial charge in [-0.15, -0.1) is 0 Å². The first-order valence-corrected chi connectivity index (χ1v) is 11.5. The van der Waals surface area contributed by atoms with Crippen LogP contribution in [0.25, 0.3) is 10.8 Å². The van der Waals surface area contributed by atoms with Gasteiger partial charge in [0.05, 0.1) is 18.4 Å². The first-order chi connectivity index (χ1) is 14.8. The third-order valence-electron chi connectivity index (χ3n) is 5.38. The maximum absolute atomic E-state index is 13.2. The van der Waals surface area contributed by atoms with E-state index in [9.17, 15) is 18.2 Å². The van der Waals surface area contributed by atoms with E-state index >= 15 is 0 Å². The number of ketones is 1. The Balaban J connectivity index is 0.00000289. The van der Waals surface area contributed by atoms with E-state index in [4.69, 9.17) is 5.73 Å². The zero-order valence-electron chi connectivity index (χ0n) is 17.3. The second-order valence-electron chi connectivity index (χ2n) is 7.49. The third kappa shape index (κ3) is 4.56. The summed E-state index contributed by atoms with van der Waals surface area (Å²) in [6, 6.07) is 12.7. The highest BCUT2D eigenvalue weighted by Gasteiger charge is 2.37. The number of Topliss-reactive ketones (excluding diaryl/α,β-unsaturated/α-hetero) is 1. The summed E-state index contributed by atoms with van der Waals surface area (Å²) in [6.45, 7) is 0.0759. The molecule has 1 aliphatic rings. The highest BCUT2D eigenvalue weighted by atomic mass is 32.2. The fraction of sp³-hybridized carbons (Fsp3) is 0.190. The van der Waals surface area contributed by atoms with Gasteiger partial charge >= 0.3 is 7.05 Å². The number of hydrazone groups is 1. The third-order valence-corrected chi connectivity index (χ3v) is 6.36. The largest absolute Gasteiger partial charge is 0.484 e. The number of aromatic nitrogens is 1. The van der Waals surface area contributed by atoms with Crippen molar-refractivity contribution in [3.8, 4) is 0 Å². The van der Waals surface area contributed by atoms with Crippen LogP contribution in [0.3, 0.4) is 0 Å². The van der Waals surface area contributed by atoms with Gasteiger partial charge in [-0.3, -0.25) is 9.78 Å². The summed E-state index contributed by atoms with van der Waals surface area (Å²) in [4.78, 5) is 17.3. The average molecular weight is 470 g/mol. The van der Waals surface area contributed by atoms with Crippen molar-refractivity contribution in [2.45, 2.75) is 12.3 Å². The molecule has 0 unspecified atom stereocenters. The molecule has 0 saturated heterocycles. The Morgan fingerprint density at radius 1 is 1.22 bits per heavy atom. The number of carbonyl (C=O) groups excluding carboxylic acids is 1. The van der Waals surface area contributed by atoms with Gasteiger partial charge in [-0.25, -0.2) is 12.7 Å². The van der Waals surface area contributed by atoms with Gasteiger partial charge in [0.15, 0.2) is 0 Å². The topological polar surface area (TPSA) is 126 Å². The zero-order chi connectivity index (χ0) is 22.2. The van der Waals surface area contributed by atoms with Crippen molar-refractivity contribution in [2.75, 3.05) is 12.8 Å². The number of rotatable bonds is 6. The van der Waals surface area contributed by atoms with Gasteiger partial charge in [0, 0.05) is 30.7 Å². The number of hydrogen-bond donors (Lipinski definition) is 2. The Kier molecular flexibility index (Phi) is 7.04. The Morgan fingerprint density at radius 2 is 2.00 bits per heavy atom. The highest BCUT2D eigenvalue weighted by molar-refractivity contribution is 7.89. The van der Waals surface area contributed by atoms with Crippen molar-refractivity contribution in [1.82, 2.24) is 9.31 Å². The zero-order valence-corrected chi connectivity index (χ0v) is 19.2. The lowest BCUT2D eigenvalue weighted by molar-refractivity contribution is -0.119. The molecule has 32 heavy (non-hydrogen) atoms. The molecule has 2 heterocycles. The minimum absolute atomic E-state index is 0. The lowest BCUT2D eigenvalue weighted by Gasteiger charge is -2.27. The predicted octanol–water partition coefficient (Wildman–Crippen LogP) is 0.498. The average Bonchev–Trinajstić information content (AvgIpc) is 2.74. The van der Waals surface area contributed by atoms with Gasteiger partial charge < -0.3 is 10.8 Å². The molecule has 2 aromatic carbocycles. The van der Waals surface area contributed by atoms with Crippen molar-refractivity contribution in [3.63, 3.8) is 0 Å². The van der Waals surface area contributed by atoms with E-state index in [-0.39, 0.29) is 32.2 Å². The SMILES string of the molecule is CS(=O)(=O)N1N=Cc2c(cccc2[C@@H](CN)C(=O)Cc2ccc3cnccc3c2)B1O.S. The molecule has 3 aromatic rings. The van der Waals surface area contributed by atoms with Crippen LogP contribution >= 0.6 is 13.5 Å². The summed E-state index contributed by atoms with van der Waals surface area (Å²) < 4.78 is 24.4. The van der Waals surface area contributed by atoms with Crippen LogP contribution in [0.1, 0.15) is 22.6 Å². The van der Waals surface area contributed by atoms with E-state index in [0.29, 0.717) is 20.9 Å². The summed E-state index contributed by atoms with van der Waals surface area (Å²) >= 11 is 0. The number of fused-ring (bicyclic) bond motifs is 2. The Morgan fingerprint density at radius 3 is 2.72 bits per heavy atom. The summed E-state index contributed by atoms with van der Waals surface area (Å²) in [5, 5.41) is 16.4. The molecule has 0 spiro atoms. The Bertz CT molecular complexity index is 1300. The molecule has 0 amide bonds. The maximum Gasteiger partial charge on any atom is 0.484 e. The monoisotopic (exact) mass is 470 g/mol. The smallest absolute Gasteiger partial charge is 0.427 e. The first-order valence-electron chi connectivity index (χ1n) is 9.69. The van der Waals surface area contributed by atoms with Crippen molar-refractivity contribution >= 4 is 58.8 Å². The second kappa shape index (κ2) is 9.41. The summed E-state index contributed by atoms with van der Waals surface area (Å²) in [6.07, 6.45) is 5.99. The lowest BCUT2D eigenvalue weighted by atomic mass is 9.69. The summed E-state index contributed by atoms with van der Waals surface area (Å²) in [5.41, 5.74) is 8.33. The van der Waals surface area contributed by atoms with Crippen LogP contribution in [0, 0.1) is 0 Å². The van der Waals surface area contributed by atoms with Crippen LogP contribution in [-0.2, 0) is 21.2 Å². The number of benzene rings is 2. The summed E-state index contributed by atoms with van der Waals surface area (Å²) in [7, 11) is -5.20. The minimum Gasteiger partial charge on any atom is -0.427 e. The van der Waals surface area contributed by atoms with Crippen molar-refractivity contribution in [1.29, 1.82) is 0 Å². The molecule has 1 aliphatic heterocycles. The molecular formula is C21H23BN4O4S2. The van der Waals surface area contributed by atoms with E-state index in [1.165, 1.54) is 6.21 Å². The minimum atomic E-state index is -3.74. The van der Waals surface area contributed by atoms with Crippen molar-refractivity contribution < 1.29 is 18.2 Å². The molecule has 0 bridgehead atoms. The molecule has 11 heteroatoms. The number of hydrogen-bond acceptors (Lipinski definition) is 7. The molecule has 1 aromatic heterocycles. The quantitative estimate of drug-likeness (QED) is 0.506. The predicted molar refractivity (Wildman–Crippen MR) is 131 cm³/mol. The molecule has 0 saturated carbocycles. The number of pyridine rings is 1. The number of sulfonamides is 1. The van der Waals surface area contributed by atoms with Gasteiger partial charge in [-0.05, 0) is 33.6 Å². The summed E-state index contributed by atoms with van der Waals surface area (Å²) in [5.74, 6) is -0.691. The van der Waals surface area contributed by atoms with E-state index in [2.05, 4.69) is 10.1 Å². The van der Waals surface area contributed by atoms with Crippen LogP contribution in [0.4, 0.5) is 0 Å². The fourth-order valence-electron chi connectivity index (χ4n) is 3.84. The van der Waals surface area contributed by atoms with Gasteiger partial charge in [-0.1, -0.05) is 36.4 Å². The lowest BCUT2D eigenvalue weighted by Crippen LogP contribution is -2.52.